The summed E-state index contributed by atoms with van der Waals surface area (Å²) in [5.74, 6) is 1.73. The Kier molecular flexibility index (Phi) is 5.03. The monoisotopic (exact) mass is 354 g/mol. The van der Waals surface area contributed by atoms with E-state index in [1.165, 1.54) is 24.8 Å². The summed E-state index contributed by atoms with van der Waals surface area (Å²) in [7, 11) is 0. The third kappa shape index (κ3) is 3.35. The zero-order valence-electron chi connectivity index (χ0n) is 12.5. The van der Waals surface area contributed by atoms with Crippen LogP contribution in [0.4, 0.5) is 0 Å². The van der Waals surface area contributed by atoms with Crippen LogP contribution in [0.2, 0.25) is 0 Å². The van der Waals surface area contributed by atoms with Gasteiger partial charge in [0.25, 0.3) is 0 Å². The molecule has 2 aliphatic rings. The number of rotatable bonds is 5. The number of nitrogens with one attached hydrogen (secondary N) is 1. The molecule has 1 N–H and O–H groups in total. The van der Waals surface area contributed by atoms with E-state index < -0.39 is 0 Å². The Labute approximate surface area is 134 Å². The van der Waals surface area contributed by atoms with Crippen molar-refractivity contribution in [1.82, 2.24) is 10.2 Å². The highest BCUT2D eigenvalue weighted by Gasteiger charge is 2.26. The van der Waals surface area contributed by atoms with Gasteiger partial charge in [0, 0.05) is 36.7 Å². The van der Waals surface area contributed by atoms with E-state index in [9.17, 15) is 0 Å². The molecule has 2 aliphatic heterocycles. The molecule has 116 valence electrons. The molecule has 1 fully saturated rings. The molecule has 1 aromatic rings. The van der Waals surface area contributed by atoms with Crippen molar-refractivity contribution in [3.05, 3.63) is 22.2 Å². The van der Waals surface area contributed by atoms with Crippen molar-refractivity contribution in [2.24, 2.45) is 0 Å². The van der Waals surface area contributed by atoms with Crippen molar-refractivity contribution >= 4 is 15.9 Å². The molecule has 3 rings (SSSR count). The Balaban J connectivity index is 1.87. The highest BCUT2D eigenvalue weighted by molar-refractivity contribution is 9.10. The third-order valence-corrected chi connectivity index (χ3v) is 4.96. The van der Waals surface area contributed by atoms with Crippen LogP contribution in [0, 0.1) is 0 Å². The summed E-state index contributed by atoms with van der Waals surface area (Å²) in [5, 5.41) is 3.44. The second kappa shape index (κ2) is 6.99. The maximum absolute atomic E-state index is 5.56. The minimum atomic E-state index is 0.332. The normalized spacial score (nSPS) is 19.7. The van der Waals surface area contributed by atoms with Gasteiger partial charge < -0.3 is 14.8 Å². The second-order valence-corrected chi connectivity index (χ2v) is 6.53. The lowest BCUT2D eigenvalue weighted by Crippen LogP contribution is -2.45. The highest BCUT2D eigenvalue weighted by atomic mass is 79.9. The molecule has 4 nitrogen and oxygen atoms in total. The molecule has 0 aliphatic carbocycles. The zero-order valence-corrected chi connectivity index (χ0v) is 14.1. The predicted octanol–water partition coefficient (Wildman–Crippen LogP) is 3.31. The molecule has 2 heterocycles. The lowest BCUT2D eigenvalue weighted by Gasteiger charge is -2.36. The number of nitrogens with zero attached hydrogens (tertiary/aromatic N) is 1. The van der Waals surface area contributed by atoms with Gasteiger partial charge in [-0.2, -0.15) is 0 Å². The first-order chi connectivity index (χ1) is 10.3. The number of halogens is 1. The van der Waals surface area contributed by atoms with Gasteiger partial charge in [0.1, 0.15) is 0 Å². The van der Waals surface area contributed by atoms with E-state index in [4.69, 9.17) is 9.47 Å². The fraction of sp³-hybridized carbons (Fsp3) is 0.625. The minimum Gasteiger partial charge on any atom is -0.454 e. The zero-order chi connectivity index (χ0) is 14.7. The molecule has 1 aromatic carbocycles. The Bertz CT molecular complexity index is 489. The molecular formula is C16H23BrN2O2. The number of hydrogen-bond donors (Lipinski definition) is 1. The smallest absolute Gasteiger partial charge is 0.231 e. The molecule has 1 atom stereocenters. The van der Waals surface area contributed by atoms with Gasteiger partial charge in [0.05, 0.1) is 0 Å². The molecule has 0 aromatic heterocycles. The summed E-state index contributed by atoms with van der Waals surface area (Å²) in [6, 6.07) is 4.67. The molecule has 0 spiro atoms. The molecule has 21 heavy (non-hydrogen) atoms. The highest BCUT2D eigenvalue weighted by Crippen LogP contribution is 2.41. The second-order valence-electron chi connectivity index (χ2n) is 5.67. The summed E-state index contributed by atoms with van der Waals surface area (Å²) in [6.07, 6.45) is 3.66. The Hall–Kier alpha value is -0.780. The van der Waals surface area contributed by atoms with Gasteiger partial charge >= 0.3 is 0 Å². The summed E-state index contributed by atoms with van der Waals surface area (Å²) < 4.78 is 12.2. The fourth-order valence-electron chi connectivity index (χ4n) is 3.11. The number of fused-ring (bicyclic) bond motifs is 1. The summed E-state index contributed by atoms with van der Waals surface area (Å²) >= 11 is 3.73. The van der Waals surface area contributed by atoms with Crippen LogP contribution in [0.25, 0.3) is 0 Å². The van der Waals surface area contributed by atoms with Crippen LogP contribution in [0.5, 0.6) is 11.5 Å². The molecule has 0 bridgehead atoms. The van der Waals surface area contributed by atoms with Gasteiger partial charge in [-0.05, 0) is 24.1 Å². The van der Waals surface area contributed by atoms with E-state index >= 15 is 0 Å². The number of unbranched alkanes of at least 4 members (excludes halogenated alkanes) is 1. The molecular weight excluding hydrogens is 332 g/mol. The molecule has 0 radical (unpaired) electrons. The van der Waals surface area contributed by atoms with E-state index in [1.54, 1.807) is 0 Å². The van der Waals surface area contributed by atoms with Crippen LogP contribution in [0.3, 0.4) is 0 Å². The van der Waals surface area contributed by atoms with Gasteiger partial charge in [-0.15, -0.1) is 0 Å². The molecule has 0 unspecified atom stereocenters. The van der Waals surface area contributed by atoms with Gasteiger partial charge in [-0.3, -0.25) is 4.90 Å². The van der Waals surface area contributed by atoms with E-state index in [0.29, 0.717) is 12.8 Å². The number of piperazine rings is 1. The SMILES string of the molecule is CCCC[C@@H](c1cc2c(cc1Br)OCO2)N1CCNCC1. The van der Waals surface area contributed by atoms with Crippen molar-refractivity contribution in [2.75, 3.05) is 33.0 Å². The van der Waals surface area contributed by atoms with Crippen molar-refractivity contribution in [1.29, 1.82) is 0 Å². The van der Waals surface area contributed by atoms with Crippen molar-refractivity contribution in [3.63, 3.8) is 0 Å². The van der Waals surface area contributed by atoms with E-state index in [1.807, 2.05) is 0 Å². The standard InChI is InChI=1S/C16H23BrN2O2/c1-2-3-4-14(19-7-5-18-6-8-19)12-9-15-16(10-13(12)17)21-11-20-15/h9-10,14,18H,2-8,11H2,1H3/t14-/m0/s1. The first kappa shape index (κ1) is 15.1. The topological polar surface area (TPSA) is 33.7 Å². The van der Waals surface area contributed by atoms with Crippen LogP contribution in [-0.2, 0) is 0 Å². The summed E-state index contributed by atoms with van der Waals surface area (Å²) in [5.41, 5.74) is 1.33. The van der Waals surface area contributed by atoms with Crippen LogP contribution in [-0.4, -0.2) is 37.9 Å². The molecule has 0 amide bonds. The van der Waals surface area contributed by atoms with Gasteiger partial charge in [0.15, 0.2) is 11.5 Å². The Morgan fingerprint density at radius 3 is 2.67 bits per heavy atom. The maximum atomic E-state index is 5.56. The third-order valence-electron chi connectivity index (χ3n) is 4.27. The number of benzene rings is 1. The largest absolute Gasteiger partial charge is 0.454 e. The van der Waals surface area contributed by atoms with Crippen LogP contribution >= 0.6 is 15.9 Å². The first-order valence-corrected chi connectivity index (χ1v) is 8.62. The van der Waals surface area contributed by atoms with Crippen molar-refractivity contribution in [2.45, 2.75) is 32.2 Å². The van der Waals surface area contributed by atoms with Crippen molar-refractivity contribution < 1.29 is 9.47 Å². The number of hydrogen-bond acceptors (Lipinski definition) is 4. The number of ether oxygens (including phenoxy) is 2. The fourth-order valence-corrected chi connectivity index (χ4v) is 3.70. The summed E-state index contributed by atoms with van der Waals surface area (Å²) in [6.45, 7) is 6.95. The van der Waals surface area contributed by atoms with E-state index in [-0.39, 0.29) is 0 Å². The quantitative estimate of drug-likeness (QED) is 0.879. The average Bonchev–Trinajstić information content (AvgIpc) is 2.96. The van der Waals surface area contributed by atoms with E-state index in [0.717, 1.165) is 42.2 Å². The van der Waals surface area contributed by atoms with Gasteiger partial charge in [-0.25, -0.2) is 0 Å². The van der Waals surface area contributed by atoms with Crippen molar-refractivity contribution in [3.8, 4) is 11.5 Å². The predicted molar refractivity (Wildman–Crippen MR) is 87.0 cm³/mol. The van der Waals surface area contributed by atoms with Crippen LogP contribution in [0.15, 0.2) is 16.6 Å². The maximum Gasteiger partial charge on any atom is 0.231 e. The molecule has 5 heteroatoms. The van der Waals surface area contributed by atoms with E-state index in [2.05, 4.69) is 45.2 Å². The van der Waals surface area contributed by atoms with Crippen LogP contribution in [0.1, 0.15) is 37.8 Å². The Morgan fingerprint density at radius 1 is 1.24 bits per heavy atom. The lowest BCUT2D eigenvalue weighted by atomic mass is 9.98. The van der Waals surface area contributed by atoms with Crippen LogP contribution < -0.4 is 14.8 Å². The first-order valence-electron chi connectivity index (χ1n) is 7.83. The molecule has 1 saturated heterocycles. The van der Waals surface area contributed by atoms with Gasteiger partial charge in [0.2, 0.25) is 6.79 Å². The lowest BCUT2D eigenvalue weighted by molar-refractivity contribution is 0.162. The van der Waals surface area contributed by atoms with Gasteiger partial charge in [-0.1, -0.05) is 35.7 Å². The average molecular weight is 355 g/mol. The minimum absolute atomic E-state index is 0.332. The Morgan fingerprint density at radius 2 is 1.95 bits per heavy atom. The molecule has 0 saturated carbocycles. The summed E-state index contributed by atoms with van der Waals surface area (Å²) in [4.78, 5) is 2.59.